The number of benzene rings is 2. The number of hydrogen-bond acceptors (Lipinski definition) is 3. The summed E-state index contributed by atoms with van der Waals surface area (Å²) < 4.78 is 19.1. The van der Waals surface area contributed by atoms with E-state index in [1.807, 2.05) is 18.2 Å². The first-order chi connectivity index (χ1) is 9.58. The Morgan fingerprint density at radius 1 is 1.15 bits per heavy atom. The van der Waals surface area contributed by atoms with Crippen LogP contribution in [0.3, 0.4) is 0 Å². The molecule has 0 aliphatic rings. The van der Waals surface area contributed by atoms with E-state index >= 15 is 0 Å². The molecule has 0 bridgehead atoms. The highest BCUT2D eigenvalue weighted by molar-refractivity contribution is 5.31. The summed E-state index contributed by atoms with van der Waals surface area (Å²) in [5.41, 5.74) is 7.13. The first kappa shape index (κ1) is 14.5. The summed E-state index contributed by atoms with van der Waals surface area (Å²) in [5.74, 6) is -0.357. The van der Waals surface area contributed by atoms with E-state index in [2.05, 4.69) is 0 Å². The molecule has 2 aromatic carbocycles. The smallest absolute Gasteiger partial charge is 0.165 e. The fraction of sp³-hybridized carbons (Fsp3) is 0.250. The van der Waals surface area contributed by atoms with Gasteiger partial charge in [-0.2, -0.15) is 0 Å². The Hall–Kier alpha value is -1.91. The third-order valence-corrected chi connectivity index (χ3v) is 3.06. The summed E-state index contributed by atoms with van der Waals surface area (Å²) in [6.07, 6.45) is -0.788. The summed E-state index contributed by atoms with van der Waals surface area (Å²) in [6, 6.07) is 13.5. The van der Waals surface area contributed by atoms with Gasteiger partial charge in [-0.3, -0.25) is 0 Å². The van der Waals surface area contributed by atoms with Crippen molar-refractivity contribution in [3.8, 4) is 5.75 Å². The minimum Gasteiger partial charge on any atom is -0.487 e. The topological polar surface area (TPSA) is 55.5 Å². The van der Waals surface area contributed by atoms with E-state index in [-0.39, 0.29) is 18.4 Å². The highest BCUT2D eigenvalue weighted by Crippen LogP contribution is 2.22. The summed E-state index contributed by atoms with van der Waals surface area (Å²) in [6.45, 7) is 1.78. The van der Waals surface area contributed by atoms with Crippen molar-refractivity contribution in [3.63, 3.8) is 0 Å². The predicted octanol–water partition coefficient (Wildman–Crippen LogP) is 2.96. The Morgan fingerprint density at radius 3 is 2.45 bits per heavy atom. The number of rotatable bonds is 5. The van der Waals surface area contributed by atoms with E-state index in [4.69, 9.17) is 10.5 Å². The van der Waals surface area contributed by atoms with Gasteiger partial charge < -0.3 is 15.6 Å². The third kappa shape index (κ3) is 3.56. The van der Waals surface area contributed by atoms with Gasteiger partial charge in [0.25, 0.3) is 0 Å². The molecule has 0 amide bonds. The van der Waals surface area contributed by atoms with Gasteiger partial charge in [-0.15, -0.1) is 0 Å². The van der Waals surface area contributed by atoms with Crippen molar-refractivity contribution in [2.75, 3.05) is 6.61 Å². The molecular weight excluding hydrogens is 257 g/mol. The van der Waals surface area contributed by atoms with Gasteiger partial charge in [0, 0.05) is 6.04 Å². The van der Waals surface area contributed by atoms with E-state index in [0.29, 0.717) is 5.56 Å². The molecule has 0 aliphatic carbocycles. The van der Waals surface area contributed by atoms with Gasteiger partial charge in [0.1, 0.15) is 12.7 Å². The number of hydrogen-bond donors (Lipinski definition) is 2. The largest absolute Gasteiger partial charge is 0.487 e. The lowest BCUT2D eigenvalue weighted by Gasteiger charge is -2.14. The monoisotopic (exact) mass is 275 g/mol. The zero-order valence-electron chi connectivity index (χ0n) is 11.3. The van der Waals surface area contributed by atoms with E-state index < -0.39 is 11.9 Å². The maximum absolute atomic E-state index is 13.8. The van der Waals surface area contributed by atoms with E-state index in [0.717, 1.165) is 5.56 Å². The van der Waals surface area contributed by atoms with Crippen molar-refractivity contribution >= 4 is 0 Å². The summed E-state index contributed by atoms with van der Waals surface area (Å²) in [7, 11) is 0. The zero-order chi connectivity index (χ0) is 14.5. The molecule has 0 saturated heterocycles. The first-order valence-electron chi connectivity index (χ1n) is 6.48. The van der Waals surface area contributed by atoms with Crippen LogP contribution in [0, 0.1) is 5.82 Å². The van der Waals surface area contributed by atoms with E-state index in [1.165, 1.54) is 12.1 Å². The van der Waals surface area contributed by atoms with Crippen molar-refractivity contribution in [1.82, 2.24) is 0 Å². The standard InChI is InChI=1S/C16H18FNO2/c1-11(18)13-7-8-16(14(17)9-13)20-10-15(19)12-5-3-2-4-6-12/h2-9,11,15,19H,10,18H2,1H3. The second kappa shape index (κ2) is 6.50. The van der Waals surface area contributed by atoms with Gasteiger partial charge in [-0.1, -0.05) is 36.4 Å². The lowest BCUT2D eigenvalue weighted by molar-refractivity contribution is 0.106. The van der Waals surface area contributed by atoms with Crippen LogP contribution in [0.4, 0.5) is 4.39 Å². The molecule has 0 fully saturated rings. The van der Waals surface area contributed by atoms with Crippen LogP contribution in [0.2, 0.25) is 0 Å². The second-order valence-corrected chi connectivity index (χ2v) is 4.72. The first-order valence-corrected chi connectivity index (χ1v) is 6.48. The highest BCUT2D eigenvalue weighted by Gasteiger charge is 2.11. The molecule has 106 valence electrons. The number of aliphatic hydroxyl groups is 1. The molecule has 0 heterocycles. The molecule has 2 unspecified atom stereocenters. The van der Waals surface area contributed by atoms with Crippen LogP contribution in [-0.4, -0.2) is 11.7 Å². The van der Waals surface area contributed by atoms with E-state index in [9.17, 15) is 9.50 Å². The molecule has 0 radical (unpaired) electrons. The van der Waals surface area contributed by atoms with Gasteiger partial charge in [0.15, 0.2) is 11.6 Å². The van der Waals surface area contributed by atoms with Crippen molar-refractivity contribution in [2.24, 2.45) is 5.73 Å². The average Bonchev–Trinajstić information content (AvgIpc) is 2.46. The summed E-state index contributed by atoms with van der Waals surface area (Å²) >= 11 is 0. The van der Waals surface area contributed by atoms with Gasteiger partial charge in [-0.05, 0) is 30.2 Å². The van der Waals surface area contributed by atoms with Crippen LogP contribution < -0.4 is 10.5 Å². The number of halogens is 1. The van der Waals surface area contributed by atoms with Crippen LogP contribution in [0.5, 0.6) is 5.75 Å². The molecule has 0 spiro atoms. The van der Waals surface area contributed by atoms with Crippen LogP contribution in [-0.2, 0) is 0 Å². The maximum atomic E-state index is 13.8. The van der Waals surface area contributed by atoms with Gasteiger partial charge in [0.05, 0.1) is 0 Å². The lowest BCUT2D eigenvalue weighted by Crippen LogP contribution is -2.11. The van der Waals surface area contributed by atoms with Gasteiger partial charge in [0.2, 0.25) is 0 Å². The second-order valence-electron chi connectivity index (χ2n) is 4.72. The summed E-state index contributed by atoms with van der Waals surface area (Å²) in [4.78, 5) is 0. The summed E-state index contributed by atoms with van der Waals surface area (Å²) in [5, 5.41) is 9.95. The quantitative estimate of drug-likeness (QED) is 0.882. The minimum absolute atomic E-state index is 0.00153. The number of ether oxygens (including phenoxy) is 1. The molecule has 2 aromatic rings. The van der Waals surface area contributed by atoms with Crippen molar-refractivity contribution < 1.29 is 14.2 Å². The SMILES string of the molecule is CC(N)c1ccc(OCC(O)c2ccccc2)c(F)c1. The van der Waals surface area contributed by atoms with Crippen molar-refractivity contribution in [3.05, 3.63) is 65.5 Å². The van der Waals surface area contributed by atoms with Crippen LogP contribution >= 0.6 is 0 Å². The van der Waals surface area contributed by atoms with E-state index in [1.54, 1.807) is 25.1 Å². The normalized spacial score (nSPS) is 13.8. The molecule has 2 rings (SSSR count). The van der Waals surface area contributed by atoms with Crippen molar-refractivity contribution in [2.45, 2.75) is 19.1 Å². The highest BCUT2D eigenvalue weighted by atomic mass is 19.1. The van der Waals surface area contributed by atoms with Gasteiger partial charge >= 0.3 is 0 Å². The molecule has 0 aliphatic heterocycles. The fourth-order valence-corrected chi connectivity index (χ4v) is 1.86. The fourth-order valence-electron chi connectivity index (χ4n) is 1.86. The Labute approximate surface area is 117 Å². The molecule has 0 aromatic heterocycles. The Morgan fingerprint density at radius 2 is 1.85 bits per heavy atom. The number of nitrogens with two attached hydrogens (primary N) is 1. The Balaban J connectivity index is 2.01. The molecular formula is C16H18FNO2. The molecule has 3 nitrogen and oxygen atoms in total. The molecule has 3 N–H and O–H groups in total. The predicted molar refractivity (Wildman–Crippen MR) is 75.9 cm³/mol. The van der Waals surface area contributed by atoms with Crippen LogP contribution in [0.15, 0.2) is 48.5 Å². The number of aliphatic hydroxyl groups excluding tert-OH is 1. The molecule has 20 heavy (non-hydrogen) atoms. The zero-order valence-corrected chi connectivity index (χ0v) is 11.3. The molecule has 0 saturated carbocycles. The lowest BCUT2D eigenvalue weighted by atomic mass is 10.1. The van der Waals surface area contributed by atoms with Crippen LogP contribution in [0.25, 0.3) is 0 Å². The third-order valence-electron chi connectivity index (χ3n) is 3.06. The minimum atomic E-state index is -0.788. The molecule has 2 atom stereocenters. The maximum Gasteiger partial charge on any atom is 0.165 e. The molecule has 4 heteroatoms. The Bertz CT molecular complexity index is 558. The van der Waals surface area contributed by atoms with Crippen molar-refractivity contribution in [1.29, 1.82) is 0 Å². The van der Waals surface area contributed by atoms with Crippen LogP contribution in [0.1, 0.15) is 30.2 Å². The Kier molecular flexibility index (Phi) is 4.71. The average molecular weight is 275 g/mol. The van der Waals surface area contributed by atoms with Gasteiger partial charge in [-0.25, -0.2) is 4.39 Å².